The van der Waals surface area contributed by atoms with Crippen molar-refractivity contribution in [1.82, 2.24) is 19.9 Å². The summed E-state index contributed by atoms with van der Waals surface area (Å²) in [6.07, 6.45) is 8.41. The number of piperidine rings is 1. The number of likely N-dealkylation sites (tertiary alicyclic amines) is 1. The van der Waals surface area contributed by atoms with Gasteiger partial charge in [-0.3, -0.25) is 4.79 Å². The van der Waals surface area contributed by atoms with Gasteiger partial charge in [0.15, 0.2) is 5.69 Å². The van der Waals surface area contributed by atoms with E-state index in [0.717, 1.165) is 38.5 Å². The average molecular weight is 406 g/mol. The first kappa shape index (κ1) is 20.8. The van der Waals surface area contributed by atoms with Gasteiger partial charge in [0.05, 0.1) is 30.0 Å². The third-order valence-electron chi connectivity index (χ3n) is 7.06. The largest absolute Gasteiger partial charge is 0.393 e. The van der Waals surface area contributed by atoms with Crippen LogP contribution < -0.4 is 5.73 Å². The Balaban J connectivity index is 1.36. The maximum absolute atomic E-state index is 13.0. The number of ether oxygens (including phenoxy) is 1. The van der Waals surface area contributed by atoms with Crippen molar-refractivity contribution in [2.45, 2.75) is 95.1 Å². The van der Waals surface area contributed by atoms with Crippen LogP contribution in [0, 0.1) is 5.92 Å². The van der Waals surface area contributed by atoms with E-state index in [1.807, 2.05) is 9.58 Å². The molecule has 2 aliphatic heterocycles. The van der Waals surface area contributed by atoms with Gasteiger partial charge in [-0.2, -0.15) is 0 Å². The number of hydrogen-bond acceptors (Lipinski definition) is 6. The highest BCUT2D eigenvalue weighted by Crippen LogP contribution is 2.39. The van der Waals surface area contributed by atoms with Gasteiger partial charge in [0, 0.05) is 25.6 Å². The van der Waals surface area contributed by atoms with Crippen molar-refractivity contribution in [1.29, 1.82) is 0 Å². The number of carbonyl (C=O) groups is 1. The second-order valence-corrected chi connectivity index (χ2v) is 9.62. The molecule has 1 saturated carbocycles. The van der Waals surface area contributed by atoms with E-state index in [1.54, 1.807) is 6.20 Å². The standard InChI is InChI=1S/C21H35N5O3/c1-14(2)19-11-17(27)12-21(29-19)7-9-25(10-8-21)20(28)18-13-26(24-23-18)16-5-3-15(22)4-6-16/h13-17,19,27H,3-12,22H2,1-2H3/t15?,16?,17-,19-/m1/s1. The molecule has 3 N–H and O–H groups in total. The molecule has 1 aromatic heterocycles. The first-order valence-electron chi connectivity index (χ1n) is 11.2. The molecule has 4 rings (SSSR count). The second-order valence-electron chi connectivity index (χ2n) is 9.62. The van der Waals surface area contributed by atoms with Crippen molar-refractivity contribution in [2.75, 3.05) is 13.1 Å². The fourth-order valence-corrected chi connectivity index (χ4v) is 5.13. The van der Waals surface area contributed by atoms with Gasteiger partial charge < -0.3 is 20.5 Å². The number of nitrogens with zero attached hydrogens (tertiary/aromatic N) is 4. The summed E-state index contributed by atoms with van der Waals surface area (Å²) in [4.78, 5) is 14.8. The van der Waals surface area contributed by atoms with E-state index >= 15 is 0 Å². The van der Waals surface area contributed by atoms with Crippen LogP contribution in [0.25, 0.3) is 0 Å². The van der Waals surface area contributed by atoms with E-state index in [2.05, 4.69) is 24.2 Å². The number of amides is 1. The third kappa shape index (κ3) is 4.49. The highest BCUT2D eigenvalue weighted by Gasteiger charge is 2.44. The van der Waals surface area contributed by atoms with Crippen molar-refractivity contribution in [3.05, 3.63) is 11.9 Å². The Morgan fingerprint density at radius 3 is 2.62 bits per heavy atom. The summed E-state index contributed by atoms with van der Waals surface area (Å²) in [6.45, 7) is 5.53. The van der Waals surface area contributed by atoms with E-state index in [0.29, 0.717) is 43.6 Å². The highest BCUT2D eigenvalue weighted by atomic mass is 16.5. The molecular weight excluding hydrogens is 370 g/mol. The zero-order chi connectivity index (χ0) is 20.6. The predicted molar refractivity (Wildman–Crippen MR) is 108 cm³/mol. The molecule has 8 heteroatoms. The van der Waals surface area contributed by atoms with Crippen LogP contribution in [0.4, 0.5) is 0 Å². The van der Waals surface area contributed by atoms with Crippen LogP contribution in [0.15, 0.2) is 6.20 Å². The van der Waals surface area contributed by atoms with Crippen LogP contribution in [0.1, 0.15) is 81.7 Å². The molecule has 3 aliphatic rings. The number of nitrogens with two attached hydrogens (primary N) is 1. The fraction of sp³-hybridized carbons (Fsp3) is 0.857. The molecule has 1 aliphatic carbocycles. The molecular formula is C21H35N5O3. The number of hydrogen-bond donors (Lipinski definition) is 2. The normalized spacial score (nSPS) is 32.7. The summed E-state index contributed by atoms with van der Waals surface area (Å²) >= 11 is 0. The van der Waals surface area contributed by atoms with E-state index in [-0.39, 0.29) is 29.8 Å². The lowest BCUT2D eigenvalue weighted by molar-refractivity contribution is -0.190. The first-order chi connectivity index (χ1) is 13.8. The van der Waals surface area contributed by atoms with Crippen LogP contribution in [-0.4, -0.2) is 67.8 Å². The van der Waals surface area contributed by atoms with Crippen molar-refractivity contribution in [3.63, 3.8) is 0 Å². The molecule has 1 amide bonds. The van der Waals surface area contributed by atoms with Gasteiger partial charge in [0.1, 0.15) is 0 Å². The Morgan fingerprint density at radius 1 is 1.28 bits per heavy atom. The Labute approximate surface area is 172 Å². The van der Waals surface area contributed by atoms with Crippen LogP contribution in [0.3, 0.4) is 0 Å². The Bertz CT molecular complexity index is 705. The van der Waals surface area contributed by atoms with Crippen molar-refractivity contribution < 1.29 is 14.6 Å². The molecule has 162 valence electrons. The average Bonchev–Trinajstić information content (AvgIpc) is 3.18. The van der Waals surface area contributed by atoms with Crippen molar-refractivity contribution in [3.8, 4) is 0 Å². The first-order valence-corrected chi connectivity index (χ1v) is 11.2. The molecule has 8 nitrogen and oxygen atoms in total. The number of aliphatic hydroxyl groups excluding tert-OH is 1. The third-order valence-corrected chi connectivity index (χ3v) is 7.06. The quantitative estimate of drug-likeness (QED) is 0.795. The molecule has 0 bridgehead atoms. The molecule has 29 heavy (non-hydrogen) atoms. The Kier molecular flexibility index (Phi) is 5.95. The molecule has 1 aromatic rings. The summed E-state index contributed by atoms with van der Waals surface area (Å²) in [6, 6.07) is 0.575. The SMILES string of the molecule is CC(C)[C@H]1C[C@@H](O)CC2(CCN(C(=O)c3cn(C4CCC(N)CC4)nn3)CC2)O1. The summed E-state index contributed by atoms with van der Waals surface area (Å²) in [7, 11) is 0. The lowest BCUT2D eigenvalue weighted by Gasteiger charge is -2.48. The molecule has 0 aromatic carbocycles. The van der Waals surface area contributed by atoms with Crippen LogP contribution in [0.5, 0.6) is 0 Å². The van der Waals surface area contributed by atoms with Gasteiger partial charge in [0.2, 0.25) is 0 Å². The molecule has 0 radical (unpaired) electrons. The topological polar surface area (TPSA) is 106 Å². The van der Waals surface area contributed by atoms with Crippen LogP contribution in [0.2, 0.25) is 0 Å². The maximum atomic E-state index is 13.0. The summed E-state index contributed by atoms with van der Waals surface area (Å²) in [5, 5.41) is 18.7. The van der Waals surface area contributed by atoms with E-state index in [4.69, 9.17) is 10.5 Å². The molecule has 3 heterocycles. The second kappa shape index (κ2) is 8.32. The fourth-order valence-electron chi connectivity index (χ4n) is 5.13. The summed E-state index contributed by atoms with van der Waals surface area (Å²) in [5.74, 6) is 0.321. The lowest BCUT2D eigenvalue weighted by Crippen LogP contribution is -2.54. The summed E-state index contributed by atoms with van der Waals surface area (Å²) < 4.78 is 8.28. The van der Waals surface area contributed by atoms with Gasteiger partial charge >= 0.3 is 0 Å². The lowest BCUT2D eigenvalue weighted by atomic mass is 9.80. The van der Waals surface area contributed by atoms with Crippen LogP contribution in [-0.2, 0) is 4.74 Å². The number of aromatic nitrogens is 3. The van der Waals surface area contributed by atoms with E-state index < -0.39 is 0 Å². The minimum Gasteiger partial charge on any atom is -0.393 e. The van der Waals surface area contributed by atoms with Gasteiger partial charge in [-0.05, 0) is 50.9 Å². The van der Waals surface area contributed by atoms with Crippen molar-refractivity contribution >= 4 is 5.91 Å². The molecule has 3 fully saturated rings. The predicted octanol–water partition coefficient (Wildman–Crippen LogP) is 1.89. The van der Waals surface area contributed by atoms with E-state index in [9.17, 15) is 9.90 Å². The summed E-state index contributed by atoms with van der Waals surface area (Å²) in [5.41, 5.74) is 6.10. The van der Waals surface area contributed by atoms with Gasteiger partial charge in [-0.25, -0.2) is 4.68 Å². The highest BCUT2D eigenvalue weighted by molar-refractivity contribution is 5.92. The zero-order valence-electron chi connectivity index (χ0n) is 17.7. The van der Waals surface area contributed by atoms with Crippen LogP contribution >= 0.6 is 0 Å². The number of carbonyl (C=O) groups excluding carboxylic acids is 1. The van der Waals surface area contributed by atoms with Crippen molar-refractivity contribution in [2.24, 2.45) is 11.7 Å². The number of aliphatic hydroxyl groups is 1. The Morgan fingerprint density at radius 2 is 1.97 bits per heavy atom. The maximum Gasteiger partial charge on any atom is 0.276 e. The van der Waals surface area contributed by atoms with Gasteiger partial charge in [-0.1, -0.05) is 19.1 Å². The monoisotopic (exact) mass is 405 g/mol. The minimum atomic E-state index is -0.318. The number of rotatable bonds is 3. The molecule has 0 unspecified atom stereocenters. The molecule has 2 saturated heterocycles. The van der Waals surface area contributed by atoms with Gasteiger partial charge in [0.25, 0.3) is 5.91 Å². The smallest absolute Gasteiger partial charge is 0.276 e. The molecule has 2 atom stereocenters. The Hall–Kier alpha value is -1.51. The van der Waals surface area contributed by atoms with E-state index in [1.165, 1.54) is 0 Å². The zero-order valence-corrected chi connectivity index (χ0v) is 17.7. The minimum absolute atomic E-state index is 0.0598. The molecule has 1 spiro atoms. The van der Waals surface area contributed by atoms with Gasteiger partial charge in [-0.15, -0.1) is 5.10 Å².